The Labute approximate surface area is 167 Å². The van der Waals surface area contributed by atoms with Gasteiger partial charge >= 0.3 is 0 Å². The second-order valence-corrected chi connectivity index (χ2v) is 7.48. The van der Waals surface area contributed by atoms with Crippen molar-refractivity contribution in [1.82, 2.24) is 9.38 Å². The smallest absolute Gasteiger partial charge is 0.237 e. The third-order valence-electron chi connectivity index (χ3n) is 4.71. The molecule has 4 aromatic rings. The zero-order chi connectivity index (χ0) is 19.7. The topological polar surface area (TPSA) is 61.4 Å². The number of carbonyl (C=O) groups is 1. The summed E-state index contributed by atoms with van der Waals surface area (Å²) in [4.78, 5) is 19.0. The lowest BCUT2D eigenvalue weighted by atomic mass is 10.2. The fourth-order valence-electron chi connectivity index (χ4n) is 3.19. The molecule has 0 aliphatic rings. The molecule has 138 valence electrons. The molecule has 6 heteroatoms. The molecule has 0 N–H and O–H groups in total. The molecule has 4 rings (SSSR count). The number of para-hydroxylation sites is 3. The lowest BCUT2D eigenvalue weighted by Gasteiger charge is -2.17. The van der Waals surface area contributed by atoms with Gasteiger partial charge in [0, 0.05) is 12.7 Å². The molecule has 0 fully saturated rings. The number of anilines is 1. The van der Waals surface area contributed by atoms with E-state index in [1.807, 2.05) is 72.0 Å². The molecule has 0 aliphatic carbocycles. The molecule has 0 bridgehead atoms. The van der Waals surface area contributed by atoms with Crippen molar-refractivity contribution >= 4 is 40.0 Å². The molecule has 0 atom stereocenters. The van der Waals surface area contributed by atoms with Gasteiger partial charge in [-0.3, -0.25) is 9.20 Å². The third kappa shape index (κ3) is 3.10. The van der Waals surface area contributed by atoms with Crippen molar-refractivity contribution in [1.29, 1.82) is 5.26 Å². The van der Waals surface area contributed by atoms with E-state index in [0.29, 0.717) is 17.0 Å². The van der Waals surface area contributed by atoms with E-state index in [2.05, 4.69) is 11.1 Å². The number of nitriles is 1. The molecule has 2 aromatic carbocycles. The molecule has 0 unspecified atom stereocenters. The van der Waals surface area contributed by atoms with E-state index >= 15 is 0 Å². The predicted molar refractivity (Wildman–Crippen MR) is 113 cm³/mol. The zero-order valence-corrected chi connectivity index (χ0v) is 16.4. The largest absolute Gasteiger partial charge is 0.315 e. The van der Waals surface area contributed by atoms with E-state index < -0.39 is 0 Å². The van der Waals surface area contributed by atoms with Gasteiger partial charge in [-0.15, -0.1) is 0 Å². The quantitative estimate of drug-likeness (QED) is 0.487. The first-order valence-electron chi connectivity index (χ1n) is 8.85. The van der Waals surface area contributed by atoms with Crippen LogP contribution in [0.2, 0.25) is 0 Å². The number of imidazole rings is 1. The summed E-state index contributed by atoms with van der Waals surface area (Å²) in [6.45, 7) is 1.90. The highest BCUT2D eigenvalue weighted by Crippen LogP contribution is 2.29. The van der Waals surface area contributed by atoms with E-state index in [0.717, 1.165) is 27.3 Å². The van der Waals surface area contributed by atoms with Crippen LogP contribution in [0.5, 0.6) is 0 Å². The number of rotatable bonds is 4. The summed E-state index contributed by atoms with van der Waals surface area (Å²) in [7, 11) is 1.78. The number of hydrogen-bond donors (Lipinski definition) is 0. The van der Waals surface area contributed by atoms with Crippen LogP contribution in [0.1, 0.15) is 11.1 Å². The van der Waals surface area contributed by atoms with Gasteiger partial charge in [0.15, 0.2) is 5.65 Å². The first kappa shape index (κ1) is 18.1. The molecule has 28 heavy (non-hydrogen) atoms. The molecular weight excluding hydrogens is 368 g/mol. The first-order chi connectivity index (χ1) is 13.6. The molecule has 0 radical (unpaired) electrons. The van der Waals surface area contributed by atoms with Crippen LogP contribution < -0.4 is 4.90 Å². The summed E-state index contributed by atoms with van der Waals surface area (Å²) < 4.78 is 1.97. The summed E-state index contributed by atoms with van der Waals surface area (Å²) in [5.41, 5.74) is 4.68. The minimum absolute atomic E-state index is 0.00998. The van der Waals surface area contributed by atoms with Crippen molar-refractivity contribution in [2.45, 2.75) is 11.9 Å². The van der Waals surface area contributed by atoms with E-state index in [4.69, 9.17) is 0 Å². The number of thioether (sulfide) groups is 1. The summed E-state index contributed by atoms with van der Waals surface area (Å²) in [5.74, 6) is 0.300. The normalized spacial score (nSPS) is 10.9. The average molecular weight is 386 g/mol. The average Bonchev–Trinajstić information content (AvgIpc) is 3.11. The molecule has 0 spiro atoms. The fraction of sp³-hybridized carbons (Fsp3) is 0.136. The maximum Gasteiger partial charge on any atom is 0.237 e. The molecule has 1 amide bonds. The van der Waals surface area contributed by atoms with Gasteiger partial charge in [-0.05, 0) is 42.8 Å². The second-order valence-electron chi connectivity index (χ2n) is 6.49. The Bertz CT molecular complexity index is 1220. The second kappa shape index (κ2) is 7.37. The Kier molecular flexibility index (Phi) is 4.76. The fourth-order valence-corrected chi connectivity index (χ4v) is 4.23. The van der Waals surface area contributed by atoms with Crippen LogP contribution in [0.25, 0.3) is 16.7 Å². The highest BCUT2D eigenvalue weighted by atomic mass is 32.2. The summed E-state index contributed by atoms with van der Waals surface area (Å²) in [6, 6.07) is 21.6. The van der Waals surface area contributed by atoms with Gasteiger partial charge in [0.1, 0.15) is 6.07 Å². The monoisotopic (exact) mass is 386 g/mol. The van der Waals surface area contributed by atoms with Crippen molar-refractivity contribution in [3.05, 3.63) is 71.8 Å². The summed E-state index contributed by atoms with van der Waals surface area (Å²) >= 11 is 1.46. The molecule has 5 nitrogen and oxygen atoms in total. The SMILES string of the molecule is Cc1cc(SCC(=O)N(C)c2ccccc2)n2c(nc3ccccc32)c1C#N. The van der Waals surface area contributed by atoms with Crippen molar-refractivity contribution in [3.8, 4) is 6.07 Å². The number of amides is 1. The number of pyridine rings is 1. The molecule has 2 aromatic heterocycles. The van der Waals surface area contributed by atoms with E-state index in [9.17, 15) is 10.1 Å². The van der Waals surface area contributed by atoms with Gasteiger partial charge in [-0.2, -0.15) is 5.26 Å². The van der Waals surface area contributed by atoms with Crippen molar-refractivity contribution in [3.63, 3.8) is 0 Å². The molecular formula is C22H18N4OS. The van der Waals surface area contributed by atoms with E-state index in [1.54, 1.807) is 11.9 Å². The predicted octanol–water partition coefficient (Wildman–Crippen LogP) is 4.42. The van der Waals surface area contributed by atoms with Gasteiger partial charge in [-0.25, -0.2) is 4.98 Å². The highest BCUT2D eigenvalue weighted by Gasteiger charge is 2.17. The minimum Gasteiger partial charge on any atom is -0.315 e. The third-order valence-corrected chi connectivity index (χ3v) is 5.70. The van der Waals surface area contributed by atoms with E-state index in [1.165, 1.54) is 11.8 Å². The lowest BCUT2D eigenvalue weighted by Crippen LogP contribution is -2.27. The summed E-state index contributed by atoms with van der Waals surface area (Å²) in [5, 5.41) is 10.5. The Hall–Kier alpha value is -3.30. The molecule has 0 saturated heterocycles. The number of carbonyl (C=O) groups excluding carboxylic acids is 1. The van der Waals surface area contributed by atoms with Gasteiger partial charge in [0.05, 0.1) is 27.4 Å². The molecule has 2 heterocycles. The van der Waals surface area contributed by atoms with E-state index in [-0.39, 0.29) is 5.91 Å². The maximum absolute atomic E-state index is 12.7. The Morgan fingerprint density at radius 3 is 2.64 bits per heavy atom. The number of aromatic nitrogens is 2. The summed E-state index contributed by atoms with van der Waals surface area (Å²) in [6.07, 6.45) is 0. The highest BCUT2D eigenvalue weighted by molar-refractivity contribution is 7.99. The Balaban J connectivity index is 1.71. The van der Waals surface area contributed by atoms with Crippen LogP contribution in [0, 0.1) is 18.3 Å². The minimum atomic E-state index is 0.00998. The van der Waals surface area contributed by atoms with Crippen molar-refractivity contribution in [2.75, 3.05) is 17.7 Å². The number of fused-ring (bicyclic) bond motifs is 3. The standard InChI is InChI=1S/C22H18N4OS/c1-15-12-21(28-14-20(27)25(2)16-8-4-3-5-9-16)26-19-11-7-6-10-18(19)24-22(26)17(15)13-23/h3-12H,14H2,1-2H3. The van der Waals surface area contributed by atoms with Crippen LogP contribution in [0.3, 0.4) is 0 Å². The van der Waals surface area contributed by atoms with Crippen LogP contribution in [0.4, 0.5) is 5.69 Å². The maximum atomic E-state index is 12.7. The molecule has 0 saturated carbocycles. The van der Waals surface area contributed by atoms with Crippen molar-refractivity contribution < 1.29 is 4.79 Å². The van der Waals surface area contributed by atoms with Crippen LogP contribution in [-0.2, 0) is 4.79 Å². The van der Waals surface area contributed by atoms with Gasteiger partial charge in [-0.1, -0.05) is 42.1 Å². The van der Waals surface area contributed by atoms with Crippen LogP contribution >= 0.6 is 11.8 Å². The number of aryl methyl sites for hydroxylation is 1. The Morgan fingerprint density at radius 2 is 1.89 bits per heavy atom. The van der Waals surface area contributed by atoms with Gasteiger partial charge in [0.2, 0.25) is 5.91 Å². The number of nitrogens with zero attached hydrogens (tertiary/aromatic N) is 4. The Morgan fingerprint density at radius 1 is 1.18 bits per heavy atom. The van der Waals surface area contributed by atoms with Crippen molar-refractivity contribution in [2.24, 2.45) is 0 Å². The number of hydrogen-bond acceptors (Lipinski definition) is 4. The lowest BCUT2D eigenvalue weighted by molar-refractivity contribution is -0.115. The van der Waals surface area contributed by atoms with Gasteiger partial charge in [0.25, 0.3) is 0 Å². The first-order valence-corrected chi connectivity index (χ1v) is 9.84. The van der Waals surface area contributed by atoms with Crippen LogP contribution in [-0.4, -0.2) is 28.1 Å². The molecule has 0 aliphatic heterocycles. The van der Waals surface area contributed by atoms with Gasteiger partial charge < -0.3 is 4.90 Å². The zero-order valence-electron chi connectivity index (χ0n) is 15.6. The van der Waals surface area contributed by atoms with Crippen LogP contribution in [0.15, 0.2) is 65.7 Å². The number of benzene rings is 2.